The van der Waals surface area contributed by atoms with Gasteiger partial charge in [0.05, 0.1) is 11.7 Å². The summed E-state index contributed by atoms with van der Waals surface area (Å²) in [6.07, 6.45) is 6.45. The molecule has 0 bridgehead atoms. The first-order chi connectivity index (χ1) is 7.74. The van der Waals surface area contributed by atoms with Crippen LogP contribution in [0.3, 0.4) is 0 Å². The van der Waals surface area contributed by atoms with Gasteiger partial charge < -0.3 is 9.88 Å². The zero-order valence-corrected chi connectivity index (χ0v) is 9.10. The molecule has 0 atom stereocenters. The summed E-state index contributed by atoms with van der Waals surface area (Å²) in [5.74, 6) is 0.530. The van der Waals surface area contributed by atoms with Crippen LogP contribution in [-0.2, 0) is 4.79 Å². The van der Waals surface area contributed by atoms with Crippen molar-refractivity contribution in [2.45, 2.75) is 25.8 Å². The number of hydrogen-bond donors (Lipinski definition) is 1. The Labute approximate surface area is 93.3 Å². The number of rotatable bonds is 2. The lowest BCUT2D eigenvalue weighted by molar-refractivity contribution is -0.114. The minimum atomic E-state index is -0.0894. The van der Waals surface area contributed by atoms with Crippen LogP contribution in [-0.4, -0.2) is 15.5 Å². The second-order valence-corrected chi connectivity index (χ2v) is 4.26. The Hall–Kier alpha value is -1.84. The lowest BCUT2D eigenvalue weighted by Crippen LogP contribution is -2.07. The molecule has 0 unspecified atom stereocenters. The summed E-state index contributed by atoms with van der Waals surface area (Å²) in [4.78, 5) is 15.2. The van der Waals surface area contributed by atoms with E-state index in [0.717, 1.165) is 10.9 Å². The minimum Gasteiger partial charge on any atom is -0.343 e. The van der Waals surface area contributed by atoms with E-state index in [0.29, 0.717) is 11.9 Å². The Morgan fingerprint density at radius 3 is 3.06 bits per heavy atom. The molecular weight excluding hydrogens is 202 g/mol. The average Bonchev–Trinajstić information content (AvgIpc) is 2.98. The van der Waals surface area contributed by atoms with Gasteiger partial charge in [-0.25, -0.2) is 4.98 Å². The van der Waals surface area contributed by atoms with Crippen molar-refractivity contribution in [1.29, 1.82) is 0 Å². The second kappa shape index (κ2) is 3.33. The fourth-order valence-electron chi connectivity index (χ4n) is 1.97. The number of amides is 1. The molecule has 1 saturated carbocycles. The summed E-state index contributed by atoms with van der Waals surface area (Å²) in [6.45, 7) is 1.49. The van der Waals surface area contributed by atoms with E-state index >= 15 is 0 Å². The van der Waals surface area contributed by atoms with Gasteiger partial charge in [-0.15, -0.1) is 0 Å². The Balaban J connectivity index is 2.02. The van der Waals surface area contributed by atoms with E-state index in [1.54, 1.807) is 0 Å². The molecule has 1 amide bonds. The van der Waals surface area contributed by atoms with Crippen molar-refractivity contribution in [2.75, 3.05) is 5.32 Å². The zero-order valence-electron chi connectivity index (χ0n) is 9.10. The number of anilines is 1. The third kappa shape index (κ3) is 1.56. The number of fused-ring (bicyclic) bond motifs is 1. The highest BCUT2D eigenvalue weighted by atomic mass is 16.1. The number of nitrogens with zero attached hydrogens (tertiary/aromatic N) is 2. The van der Waals surface area contributed by atoms with Gasteiger partial charge in [-0.1, -0.05) is 0 Å². The lowest BCUT2D eigenvalue weighted by atomic mass is 10.3. The number of carbonyl (C=O) groups excluding carboxylic acids is 1. The Morgan fingerprint density at radius 2 is 2.38 bits per heavy atom. The molecule has 4 nitrogen and oxygen atoms in total. The van der Waals surface area contributed by atoms with Gasteiger partial charge in [0.2, 0.25) is 5.91 Å². The van der Waals surface area contributed by atoms with Crippen LogP contribution in [0.4, 0.5) is 5.82 Å². The Morgan fingerprint density at radius 1 is 1.56 bits per heavy atom. The summed E-state index contributed by atoms with van der Waals surface area (Å²) in [5.41, 5.74) is 1.15. The Bertz CT molecular complexity index is 554. The first-order valence-electron chi connectivity index (χ1n) is 5.48. The predicted octanol–water partition coefficient (Wildman–Crippen LogP) is 2.33. The van der Waals surface area contributed by atoms with Crippen LogP contribution in [0, 0.1) is 0 Å². The van der Waals surface area contributed by atoms with E-state index in [2.05, 4.69) is 27.1 Å². The number of carbonyl (C=O) groups is 1. The third-order valence-electron chi connectivity index (χ3n) is 2.85. The monoisotopic (exact) mass is 215 g/mol. The van der Waals surface area contributed by atoms with Crippen molar-refractivity contribution >= 4 is 22.6 Å². The topological polar surface area (TPSA) is 46.9 Å². The van der Waals surface area contributed by atoms with Gasteiger partial charge in [-0.05, 0) is 25.0 Å². The summed E-state index contributed by atoms with van der Waals surface area (Å²) in [6, 6.07) is 4.64. The summed E-state index contributed by atoms with van der Waals surface area (Å²) >= 11 is 0. The van der Waals surface area contributed by atoms with Crippen molar-refractivity contribution in [2.24, 2.45) is 0 Å². The minimum absolute atomic E-state index is 0.0894. The highest BCUT2D eigenvalue weighted by Crippen LogP contribution is 2.37. The fourth-order valence-corrected chi connectivity index (χ4v) is 1.97. The van der Waals surface area contributed by atoms with Crippen molar-refractivity contribution in [3.63, 3.8) is 0 Å². The molecule has 0 aromatic carbocycles. The molecule has 1 fully saturated rings. The quantitative estimate of drug-likeness (QED) is 0.835. The van der Waals surface area contributed by atoms with Crippen LogP contribution in [0.2, 0.25) is 0 Å². The third-order valence-corrected chi connectivity index (χ3v) is 2.85. The SMILES string of the molecule is CC(=O)Nc1cc2ccn(C3CC3)c2cn1. The smallest absolute Gasteiger partial charge is 0.222 e. The normalized spacial score (nSPS) is 15.3. The van der Waals surface area contributed by atoms with E-state index in [1.807, 2.05) is 12.3 Å². The van der Waals surface area contributed by atoms with Gasteiger partial charge in [-0.2, -0.15) is 0 Å². The maximum Gasteiger partial charge on any atom is 0.222 e. The first kappa shape index (κ1) is 9.39. The van der Waals surface area contributed by atoms with Gasteiger partial charge in [0, 0.05) is 24.5 Å². The van der Waals surface area contributed by atoms with E-state index in [9.17, 15) is 4.79 Å². The molecule has 0 saturated heterocycles. The summed E-state index contributed by atoms with van der Waals surface area (Å²) in [7, 11) is 0. The van der Waals surface area contributed by atoms with E-state index in [1.165, 1.54) is 19.8 Å². The number of pyridine rings is 1. The van der Waals surface area contributed by atoms with Crippen molar-refractivity contribution < 1.29 is 4.79 Å². The maximum absolute atomic E-state index is 10.9. The predicted molar refractivity (Wildman–Crippen MR) is 62.3 cm³/mol. The number of hydrogen-bond acceptors (Lipinski definition) is 2. The van der Waals surface area contributed by atoms with Crippen LogP contribution in [0.5, 0.6) is 0 Å². The molecule has 82 valence electrons. The summed E-state index contributed by atoms with van der Waals surface area (Å²) < 4.78 is 2.26. The van der Waals surface area contributed by atoms with Crippen LogP contribution in [0.1, 0.15) is 25.8 Å². The molecule has 4 heteroatoms. The van der Waals surface area contributed by atoms with Crippen LogP contribution < -0.4 is 5.32 Å². The molecule has 1 aliphatic carbocycles. The molecule has 1 aliphatic rings. The van der Waals surface area contributed by atoms with E-state index < -0.39 is 0 Å². The summed E-state index contributed by atoms with van der Waals surface area (Å²) in [5, 5.41) is 3.82. The van der Waals surface area contributed by atoms with Crippen LogP contribution in [0.25, 0.3) is 10.9 Å². The standard InChI is InChI=1S/C12H13N3O/c1-8(16)14-12-6-9-4-5-15(10-2-3-10)11(9)7-13-12/h4-7,10H,2-3H2,1H3,(H,13,14,16). The van der Waals surface area contributed by atoms with Gasteiger partial charge in [0.15, 0.2) is 0 Å². The molecule has 0 spiro atoms. The molecule has 16 heavy (non-hydrogen) atoms. The fraction of sp³-hybridized carbons (Fsp3) is 0.333. The molecule has 0 radical (unpaired) electrons. The molecule has 0 aliphatic heterocycles. The first-order valence-corrected chi connectivity index (χ1v) is 5.48. The van der Waals surface area contributed by atoms with Gasteiger partial charge >= 0.3 is 0 Å². The molecule has 2 heterocycles. The van der Waals surface area contributed by atoms with E-state index in [-0.39, 0.29) is 5.91 Å². The molecule has 1 N–H and O–H groups in total. The second-order valence-electron chi connectivity index (χ2n) is 4.26. The average molecular weight is 215 g/mol. The van der Waals surface area contributed by atoms with Crippen LogP contribution >= 0.6 is 0 Å². The van der Waals surface area contributed by atoms with Crippen LogP contribution in [0.15, 0.2) is 24.5 Å². The largest absolute Gasteiger partial charge is 0.343 e. The maximum atomic E-state index is 10.9. The lowest BCUT2D eigenvalue weighted by Gasteiger charge is -2.04. The Kier molecular flexibility index (Phi) is 1.96. The number of aromatic nitrogens is 2. The zero-order chi connectivity index (χ0) is 11.1. The highest BCUT2D eigenvalue weighted by molar-refractivity contribution is 5.90. The van der Waals surface area contributed by atoms with Crippen molar-refractivity contribution in [3.05, 3.63) is 24.5 Å². The van der Waals surface area contributed by atoms with Gasteiger partial charge in [0.1, 0.15) is 5.82 Å². The van der Waals surface area contributed by atoms with Gasteiger partial charge in [0.25, 0.3) is 0 Å². The highest BCUT2D eigenvalue weighted by Gasteiger charge is 2.24. The van der Waals surface area contributed by atoms with E-state index in [4.69, 9.17) is 0 Å². The van der Waals surface area contributed by atoms with Crippen molar-refractivity contribution in [1.82, 2.24) is 9.55 Å². The molecular formula is C12H13N3O. The molecule has 2 aromatic heterocycles. The molecule has 3 rings (SSSR count). The molecule has 2 aromatic rings. The van der Waals surface area contributed by atoms with Crippen molar-refractivity contribution in [3.8, 4) is 0 Å². The number of nitrogens with one attached hydrogen (secondary N) is 1. The van der Waals surface area contributed by atoms with Gasteiger partial charge in [-0.3, -0.25) is 4.79 Å².